The molecule has 0 amide bonds. The number of rotatable bonds is 4. The zero-order chi connectivity index (χ0) is 13.3. The lowest BCUT2D eigenvalue weighted by molar-refractivity contribution is 0.0696. The standard InChI is InChI=1S/C12H12O5S/c1-2-17-6-9-7-18(15,16)11-5-8(12(13)14)3-4-10(9)11/h3-5,7H,2,6H2,1H3,(H,13,14). The summed E-state index contributed by atoms with van der Waals surface area (Å²) in [6.45, 7) is 2.51. The van der Waals surface area contributed by atoms with E-state index in [4.69, 9.17) is 9.84 Å². The van der Waals surface area contributed by atoms with Gasteiger partial charge in [0.25, 0.3) is 0 Å². The predicted octanol–water partition coefficient (Wildman–Crippen LogP) is 1.55. The molecular formula is C12H12O5S. The van der Waals surface area contributed by atoms with Gasteiger partial charge in [0, 0.05) is 12.0 Å². The monoisotopic (exact) mass is 268 g/mol. The van der Waals surface area contributed by atoms with Gasteiger partial charge >= 0.3 is 5.97 Å². The molecule has 1 aromatic rings. The highest BCUT2D eigenvalue weighted by molar-refractivity contribution is 7.95. The normalized spacial score (nSPS) is 16.2. The van der Waals surface area contributed by atoms with Crippen LogP contribution in [0, 0.1) is 0 Å². The average molecular weight is 268 g/mol. The molecule has 1 aromatic carbocycles. The summed E-state index contributed by atoms with van der Waals surface area (Å²) in [6, 6.07) is 4.08. The molecule has 0 radical (unpaired) electrons. The summed E-state index contributed by atoms with van der Waals surface area (Å²) in [5, 5.41) is 9.99. The first-order valence-corrected chi connectivity index (χ1v) is 6.91. The summed E-state index contributed by atoms with van der Waals surface area (Å²) in [4.78, 5) is 10.9. The van der Waals surface area contributed by atoms with Crippen LogP contribution in [0.4, 0.5) is 0 Å². The van der Waals surface area contributed by atoms with Crippen molar-refractivity contribution in [3.05, 3.63) is 34.7 Å². The first kappa shape index (κ1) is 12.8. The molecule has 0 spiro atoms. The first-order valence-electron chi connectivity index (χ1n) is 5.37. The summed E-state index contributed by atoms with van der Waals surface area (Å²) in [5.74, 6) is -1.15. The Morgan fingerprint density at radius 3 is 2.72 bits per heavy atom. The van der Waals surface area contributed by atoms with Crippen molar-refractivity contribution in [2.45, 2.75) is 11.8 Å². The molecule has 18 heavy (non-hydrogen) atoms. The highest BCUT2D eigenvalue weighted by atomic mass is 32.2. The van der Waals surface area contributed by atoms with Crippen LogP contribution in [-0.2, 0) is 14.6 Å². The lowest BCUT2D eigenvalue weighted by Gasteiger charge is -2.05. The summed E-state index contributed by atoms with van der Waals surface area (Å²) in [7, 11) is -3.55. The highest BCUT2D eigenvalue weighted by Crippen LogP contribution is 2.34. The van der Waals surface area contributed by atoms with Gasteiger partial charge < -0.3 is 9.84 Å². The van der Waals surface area contributed by atoms with E-state index in [2.05, 4.69) is 0 Å². The van der Waals surface area contributed by atoms with Gasteiger partial charge in [-0.2, -0.15) is 0 Å². The SMILES string of the molecule is CCOCC1=CS(=O)(=O)c2cc(C(=O)O)ccc21. The van der Waals surface area contributed by atoms with Gasteiger partial charge in [-0.1, -0.05) is 6.07 Å². The molecular weight excluding hydrogens is 256 g/mol. The van der Waals surface area contributed by atoms with Crippen LogP contribution in [0.1, 0.15) is 22.8 Å². The molecule has 0 atom stereocenters. The van der Waals surface area contributed by atoms with Gasteiger partial charge in [0.15, 0.2) is 0 Å². The van der Waals surface area contributed by atoms with E-state index >= 15 is 0 Å². The number of hydrogen-bond acceptors (Lipinski definition) is 4. The third-order valence-corrected chi connectivity index (χ3v) is 4.19. The highest BCUT2D eigenvalue weighted by Gasteiger charge is 2.27. The molecule has 2 rings (SSSR count). The Morgan fingerprint density at radius 1 is 1.39 bits per heavy atom. The number of carboxylic acids is 1. The van der Waals surface area contributed by atoms with Gasteiger partial charge in [-0.3, -0.25) is 0 Å². The van der Waals surface area contributed by atoms with E-state index in [0.29, 0.717) is 17.7 Å². The van der Waals surface area contributed by atoms with Crippen molar-refractivity contribution in [3.8, 4) is 0 Å². The Labute approximate surface area is 105 Å². The molecule has 0 aromatic heterocycles. The molecule has 0 saturated heterocycles. The Balaban J connectivity index is 2.49. The first-order chi connectivity index (χ1) is 8.45. The second kappa shape index (κ2) is 4.55. The number of hydrogen-bond donors (Lipinski definition) is 1. The minimum atomic E-state index is -3.55. The molecule has 1 N–H and O–H groups in total. The van der Waals surface area contributed by atoms with E-state index in [1.54, 1.807) is 0 Å². The maximum atomic E-state index is 11.9. The maximum absolute atomic E-state index is 11.9. The van der Waals surface area contributed by atoms with Crippen molar-refractivity contribution in [2.24, 2.45) is 0 Å². The molecule has 0 saturated carbocycles. The van der Waals surface area contributed by atoms with Crippen molar-refractivity contribution >= 4 is 21.4 Å². The number of carbonyl (C=O) groups is 1. The van der Waals surface area contributed by atoms with E-state index < -0.39 is 15.8 Å². The third kappa shape index (κ3) is 2.16. The number of ether oxygens (including phenoxy) is 1. The number of aromatic carboxylic acids is 1. The second-order valence-corrected chi connectivity index (χ2v) is 5.61. The van der Waals surface area contributed by atoms with Crippen molar-refractivity contribution < 1.29 is 23.1 Å². The fourth-order valence-corrected chi connectivity index (χ4v) is 3.29. The van der Waals surface area contributed by atoms with E-state index in [0.717, 1.165) is 5.41 Å². The van der Waals surface area contributed by atoms with E-state index in [-0.39, 0.29) is 17.1 Å². The maximum Gasteiger partial charge on any atom is 0.335 e. The van der Waals surface area contributed by atoms with Gasteiger partial charge in [0.1, 0.15) is 0 Å². The Hall–Kier alpha value is -1.66. The number of fused-ring (bicyclic) bond motifs is 1. The minimum Gasteiger partial charge on any atom is -0.478 e. The second-order valence-electron chi connectivity index (χ2n) is 3.84. The van der Waals surface area contributed by atoms with Gasteiger partial charge in [-0.05, 0) is 30.2 Å². The lowest BCUT2D eigenvalue weighted by Crippen LogP contribution is -2.01. The summed E-state index contributed by atoms with van der Waals surface area (Å²) < 4.78 is 28.9. The topological polar surface area (TPSA) is 80.7 Å². The molecule has 0 unspecified atom stereocenters. The Morgan fingerprint density at radius 2 is 2.11 bits per heavy atom. The zero-order valence-electron chi connectivity index (χ0n) is 9.71. The van der Waals surface area contributed by atoms with Crippen LogP contribution in [-0.4, -0.2) is 32.7 Å². The van der Waals surface area contributed by atoms with Crippen LogP contribution in [0.15, 0.2) is 28.5 Å². The molecule has 1 aliphatic rings. The zero-order valence-corrected chi connectivity index (χ0v) is 10.5. The molecule has 6 heteroatoms. The molecule has 96 valence electrons. The molecule has 0 aliphatic carbocycles. The van der Waals surface area contributed by atoms with Crippen molar-refractivity contribution in [2.75, 3.05) is 13.2 Å². The molecule has 0 fully saturated rings. The smallest absolute Gasteiger partial charge is 0.335 e. The van der Waals surface area contributed by atoms with Crippen molar-refractivity contribution in [3.63, 3.8) is 0 Å². The summed E-state index contributed by atoms with van der Waals surface area (Å²) >= 11 is 0. The number of sulfone groups is 1. The quantitative estimate of drug-likeness (QED) is 0.896. The van der Waals surface area contributed by atoms with E-state index in [1.807, 2.05) is 6.92 Å². The van der Waals surface area contributed by atoms with Gasteiger partial charge in [-0.25, -0.2) is 13.2 Å². The number of carboxylic acid groups (broad SMARTS) is 1. The van der Waals surface area contributed by atoms with Crippen molar-refractivity contribution in [1.29, 1.82) is 0 Å². The molecule has 0 bridgehead atoms. The summed E-state index contributed by atoms with van der Waals surface area (Å²) in [6.07, 6.45) is 0. The fraction of sp³-hybridized carbons (Fsp3) is 0.250. The van der Waals surface area contributed by atoms with Gasteiger partial charge in [0.2, 0.25) is 9.84 Å². The molecule has 5 nitrogen and oxygen atoms in total. The largest absolute Gasteiger partial charge is 0.478 e. The van der Waals surface area contributed by atoms with Gasteiger partial charge in [-0.15, -0.1) is 0 Å². The van der Waals surface area contributed by atoms with E-state index in [1.165, 1.54) is 18.2 Å². The lowest BCUT2D eigenvalue weighted by atomic mass is 10.1. The van der Waals surface area contributed by atoms with Crippen LogP contribution in [0.5, 0.6) is 0 Å². The van der Waals surface area contributed by atoms with Crippen LogP contribution in [0.3, 0.4) is 0 Å². The van der Waals surface area contributed by atoms with Gasteiger partial charge in [0.05, 0.1) is 17.1 Å². The predicted molar refractivity (Wildman–Crippen MR) is 65.1 cm³/mol. The van der Waals surface area contributed by atoms with Crippen LogP contribution in [0.2, 0.25) is 0 Å². The molecule has 1 aliphatic heterocycles. The third-order valence-electron chi connectivity index (χ3n) is 2.64. The Kier molecular flexibility index (Phi) is 3.23. The fourth-order valence-electron chi connectivity index (χ4n) is 1.79. The minimum absolute atomic E-state index is 0.0385. The van der Waals surface area contributed by atoms with Crippen LogP contribution < -0.4 is 0 Å². The van der Waals surface area contributed by atoms with Crippen LogP contribution >= 0.6 is 0 Å². The van der Waals surface area contributed by atoms with E-state index in [9.17, 15) is 13.2 Å². The Bertz CT molecular complexity index is 628. The summed E-state index contributed by atoms with van der Waals surface area (Å²) in [5.41, 5.74) is 1.04. The van der Waals surface area contributed by atoms with Crippen molar-refractivity contribution in [1.82, 2.24) is 0 Å². The molecule has 1 heterocycles. The number of benzene rings is 1. The average Bonchev–Trinajstić information content (AvgIpc) is 2.58. The van der Waals surface area contributed by atoms with Crippen LogP contribution in [0.25, 0.3) is 5.57 Å².